The molecule has 0 bridgehead atoms. The van der Waals surface area contributed by atoms with Crippen molar-refractivity contribution in [2.45, 2.75) is 25.9 Å². The van der Waals surface area contributed by atoms with Gasteiger partial charge < -0.3 is 14.6 Å². The van der Waals surface area contributed by atoms with Gasteiger partial charge in [-0.25, -0.2) is 4.98 Å². The Morgan fingerprint density at radius 3 is 3.19 bits per heavy atom. The lowest BCUT2D eigenvalue weighted by Gasteiger charge is -2.26. The number of carbonyl (C=O) groups excluding carboxylic acids is 1. The van der Waals surface area contributed by atoms with Crippen molar-refractivity contribution in [3.8, 4) is 5.75 Å². The molecule has 0 spiro atoms. The number of ether oxygens (including phenoxy) is 1. The SMILES string of the molecule is C[C@H](Cn1ccnc1)NC(=O)[C@@H]1COc2ccccc2C1. The third-order valence-electron chi connectivity index (χ3n) is 3.68. The Bertz CT molecular complexity index is 610. The van der Waals surface area contributed by atoms with Gasteiger partial charge in [0.2, 0.25) is 5.91 Å². The van der Waals surface area contributed by atoms with Crippen molar-refractivity contribution in [2.24, 2.45) is 5.92 Å². The number of imidazole rings is 1. The van der Waals surface area contributed by atoms with E-state index < -0.39 is 0 Å². The first-order valence-corrected chi connectivity index (χ1v) is 7.19. The summed E-state index contributed by atoms with van der Waals surface area (Å²) in [6, 6.07) is 7.95. The van der Waals surface area contributed by atoms with Crippen molar-refractivity contribution in [3.63, 3.8) is 0 Å². The van der Waals surface area contributed by atoms with Crippen LogP contribution in [0.5, 0.6) is 5.75 Å². The molecule has 1 aliphatic rings. The molecule has 0 fully saturated rings. The third-order valence-corrected chi connectivity index (χ3v) is 3.68. The highest BCUT2D eigenvalue weighted by atomic mass is 16.5. The van der Waals surface area contributed by atoms with Gasteiger partial charge in [0.05, 0.1) is 12.2 Å². The molecule has 2 aromatic rings. The smallest absolute Gasteiger partial charge is 0.227 e. The number of nitrogens with one attached hydrogen (secondary N) is 1. The molecule has 0 aliphatic carbocycles. The second-order valence-corrected chi connectivity index (χ2v) is 5.49. The van der Waals surface area contributed by atoms with Gasteiger partial charge in [-0.1, -0.05) is 18.2 Å². The Labute approximate surface area is 124 Å². The number of benzene rings is 1. The molecule has 21 heavy (non-hydrogen) atoms. The van der Waals surface area contributed by atoms with Crippen LogP contribution in [0.2, 0.25) is 0 Å². The van der Waals surface area contributed by atoms with Crippen molar-refractivity contribution in [1.82, 2.24) is 14.9 Å². The molecule has 1 aliphatic heterocycles. The summed E-state index contributed by atoms with van der Waals surface area (Å²) in [5.74, 6) is 0.829. The van der Waals surface area contributed by atoms with E-state index in [0.717, 1.165) is 24.3 Å². The van der Waals surface area contributed by atoms with Gasteiger partial charge >= 0.3 is 0 Å². The maximum absolute atomic E-state index is 12.3. The van der Waals surface area contributed by atoms with Crippen LogP contribution in [0.15, 0.2) is 43.0 Å². The zero-order chi connectivity index (χ0) is 14.7. The summed E-state index contributed by atoms with van der Waals surface area (Å²) in [7, 11) is 0. The maximum Gasteiger partial charge on any atom is 0.227 e. The zero-order valence-electron chi connectivity index (χ0n) is 12.0. The van der Waals surface area contributed by atoms with Gasteiger partial charge in [0, 0.05) is 25.0 Å². The van der Waals surface area contributed by atoms with E-state index in [1.807, 2.05) is 42.0 Å². The van der Waals surface area contributed by atoms with Crippen LogP contribution in [0.4, 0.5) is 0 Å². The van der Waals surface area contributed by atoms with Gasteiger partial charge in [-0.3, -0.25) is 4.79 Å². The van der Waals surface area contributed by atoms with E-state index in [9.17, 15) is 4.79 Å². The number of hydrogen-bond donors (Lipinski definition) is 1. The number of para-hydroxylation sites is 1. The molecule has 5 heteroatoms. The number of carbonyl (C=O) groups is 1. The number of nitrogens with zero attached hydrogens (tertiary/aromatic N) is 2. The summed E-state index contributed by atoms with van der Waals surface area (Å²) in [5, 5.41) is 3.05. The largest absolute Gasteiger partial charge is 0.492 e. The Hall–Kier alpha value is -2.30. The monoisotopic (exact) mass is 285 g/mol. The van der Waals surface area contributed by atoms with E-state index >= 15 is 0 Å². The lowest BCUT2D eigenvalue weighted by atomic mass is 9.96. The minimum atomic E-state index is -0.120. The van der Waals surface area contributed by atoms with Crippen LogP contribution in [-0.4, -0.2) is 28.1 Å². The molecule has 110 valence electrons. The summed E-state index contributed by atoms with van der Waals surface area (Å²) in [5.41, 5.74) is 1.10. The fraction of sp³-hybridized carbons (Fsp3) is 0.375. The van der Waals surface area contributed by atoms with Gasteiger partial charge in [-0.2, -0.15) is 0 Å². The molecule has 3 rings (SSSR count). The van der Waals surface area contributed by atoms with Crippen LogP contribution < -0.4 is 10.1 Å². The average Bonchev–Trinajstić information content (AvgIpc) is 2.99. The first kappa shape index (κ1) is 13.7. The highest BCUT2D eigenvalue weighted by Crippen LogP contribution is 2.26. The maximum atomic E-state index is 12.3. The van der Waals surface area contributed by atoms with Crippen LogP contribution in [0.1, 0.15) is 12.5 Å². The number of aromatic nitrogens is 2. The number of amides is 1. The summed E-state index contributed by atoms with van der Waals surface area (Å²) < 4.78 is 7.62. The summed E-state index contributed by atoms with van der Waals surface area (Å²) >= 11 is 0. The normalized spacial score (nSPS) is 18.4. The molecule has 1 N–H and O–H groups in total. The second kappa shape index (κ2) is 5.99. The average molecular weight is 285 g/mol. The molecule has 0 saturated heterocycles. The molecule has 0 unspecified atom stereocenters. The quantitative estimate of drug-likeness (QED) is 0.929. The van der Waals surface area contributed by atoms with E-state index in [1.54, 1.807) is 12.5 Å². The number of rotatable bonds is 4. The summed E-state index contributed by atoms with van der Waals surface area (Å²) in [4.78, 5) is 16.3. The Kier molecular flexibility index (Phi) is 3.90. The fourth-order valence-electron chi connectivity index (χ4n) is 2.61. The number of fused-ring (bicyclic) bond motifs is 1. The van der Waals surface area contributed by atoms with E-state index in [2.05, 4.69) is 10.3 Å². The van der Waals surface area contributed by atoms with Crippen molar-refractivity contribution in [2.75, 3.05) is 6.61 Å². The van der Waals surface area contributed by atoms with E-state index in [0.29, 0.717) is 6.61 Å². The molecule has 1 amide bonds. The van der Waals surface area contributed by atoms with E-state index in [1.165, 1.54) is 0 Å². The predicted octanol–water partition coefficient (Wildman–Crippen LogP) is 1.64. The van der Waals surface area contributed by atoms with Crippen LogP contribution in [0.25, 0.3) is 0 Å². The van der Waals surface area contributed by atoms with Crippen molar-refractivity contribution < 1.29 is 9.53 Å². The standard InChI is InChI=1S/C16H19N3O2/c1-12(9-19-7-6-17-11-19)18-16(20)14-8-13-4-2-3-5-15(13)21-10-14/h2-7,11-12,14H,8-10H2,1H3,(H,18,20)/t12-,14+/m1/s1. The van der Waals surface area contributed by atoms with Gasteiger partial charge in [0.1, 0.15) is 12.4 Å². The molecule has 0 radical (unpaired) electrons. The van der Waals surface area contributed by atoms with Crippen molar-refractivity contribution in [1.29, 1.82) is 0 Å². The van der Waals surface area contributed by atoms with Crippen LogP contribution in [-0.2, 0) is 17.8 Å². The lowest BCUT2D eigenvalue weighted by molar-refractivity contribution is -0.127. The highest BCUT2D eigenvalue weighted by molar-refractivity contribution is 5.79. The molecule has 2 heterocycles. The third kappa shape index (κ3) is 3.24. The lowest BCUT2D eigenvalue weighted by Crippen LogP contribution is -2.42. The topological polar surface area (TPSA) is 56.2 Å². The Balaban J connectivity index is 1.56. The van der Waals surface area contributed by atoms with E-state index in [-0.39, 0.29) is 17.9 Å². The molecular formula is C16H19N3O2. The minimum Gasteiger partial charge on any atom is -0.492 e. The fourth-order valence-corrected chi connectivity index (χ4v) is 2.61. The number of hydrogen-bond acceptors (Lipinski definition) is 3. The van der Waals surface area contributed by atoms with Gasteiger partial charge in [-0.15, -0.1) is 0 Å². The van der Waals surface area contributed by atoms with Crippen molar-refractivity contribution >= 4 is 5.91 Å². The molecule has 1 aromatic heterocycles. The zero-order valence-corrected chi connectivity index (χ0v) is 12.0. The van der Waals surface area contributed by atoms with Gasteiger partial charge in [0.15, 0.2) is 0 Å². The second-order valence-electron chi connectivity index (χ2n) is 5.49. The predicted molar refractivity (Wildman–Crippen MR) is 79.0 cm³/mol. The summed E-state index contributed by atoms with van der Waals surface area (Å²) in [6.45, 7) is 3.16. The molecule has 5 nitrogen and oxygen atoms in total. The first-order valence-electron chi connectivity index (χ1n) is 7.19. The van der Waals surface area contributed by atoms with Crippen LogP contribution in [0.3, 0.4) is 0 Å². The molecule has 1 aromatic carbocycles. The Morgan fingerprint density at radius 2 is 2.38 bits per heavy atom. The van der Waals surface area contributed by atoms with Crippen LogP contribution >= 0.6 is 0 Å². The van der Waals surface area contributed by atoms with Crippen molar-refractivity contribution in [3.05, 3.63) is 48.5 Å². The molecular weight excluding hydrogens is 266 g/mol. The Morgan fingerprint density at radius 1 is 1.52 bits per heavy atom. The van der Waals surface area contributed by atoms with Gasteiger partial charge in [-0.05, 0) is 25.0 Å². The highest BCUT2D eigenvalue weighted by Gasteiger charge is 2.26. The van der Waals surface area contributed by atoms with Gasteiger partial charge in [0.25, 0.3) is 0 Å². The molecule has 2 atom stereocenters. The van der Waals surface area contributed by atoms with E-state index in [4.69, 9.17) is 4.74 Å². The minimum absolute atomic E-state index is 0.0529. The molecule has 0 saturated carbocycles. The summed E-state index contributed by atoms with van der Waals surface area (Å²) in [6.07, 6.45) is 6.12. The van der Waals surface area contributed by atoms with Crippen LogP contribution in [0, 0.1) is 5.92 Å². The first-order chi connectivity index (χ1) is 10.2.